The first-order valence-electron chi connectivity index (χ1n) is 9.68. The van der Waals surface area contributed by atoms with Crippen LogP contribution < -0.4 is 21.1 Å². The molecule has 4 rings (SSSR count). The van der Waals surface area contributed by atoms with E-state index in [9.17, 15) is 0 Å². The molecule has 6 heteroatoms. The Morgan fingerprint density at radius 1 is 0.964 bits per heavy atom. The van der Waals surface area contributed by atoms with Gasteiger partial charge in [-0.3, -0.25) is 0 Å². The van der Waals surface area contributed by atoms with Gasteiger partial charge in [-0.15, -0.1) is 0 Å². The lowest BCUT2D eigenvalue weighted by Gasteiger charge is -2.23. The maximum Gasteiger partial charge on any atom is 0.139 e. The Balaban J connectivity index is 1.51. The lowest BCUT2D eigenvalue weighted by atomic mass is 9.98. The maximum absolute atomic E-state index is 6.19. The van der Waals surface area contributed by atoms with Gasteiger partial charge in [-0.05, 0) is 61.7 Å². The molecule has 1 aliphatic rings. The average Bonchev–Trinajstić information content (AvgIpc) is 2.75. The Kier molecular flexibility index (Phi) is 5.68. The summed E-state index contributed by atoms with van der Waals surface area (Å²) in [5.41, 5.74) is 7.99. The number of anilines is 2. The quantitative estimate of drug-likeness (QED) is 0.605. The third kappa shape index (κ3) is 4.40. The molecule has 0 spiro atoms. The molecule has 4 N–H and O–H groups in total. The van der Waals surface area contributed by atoms with E-state index in [0.717, 1.165) is 48.1 Å². The van der Waals surface area contributed by atoms with E-state index in [1.807, 2.05) is 54.6 Å². The number of nitrogens with one attached hydrogen (secondary N) is 2. The van der Waals surface area contributed by atoms with Crippen LogP contribution in [0.15, 0.2) is 60.9 Å². The van der Waals surface area contributed by atoms with E-state index in [0.29, 0.717) is 11.7 Å². The number of nitrogens with zero attached hydrogens (tertiary/aromatic N) is 2. The van der Waals surface area contributed by atoms with E-state index in [2.05, 4.69) is 20.6 Å². The molecule has 28 heavy (non-hydrogen) atoms. The number of hydrogen-bond acceptors (Lipinski definition) is 6. The van der Waals surface area contributed by atoms with Crippen molar-refractivity contribution in [2.24, 2.45) is 5.92 Å². The van der Waals surface area contributed by atoms with Gasteiger partial charge in [0.1, 0.15) is 29.5 Å². The van der Waals surface area contributed by atoms with Crippen LogP contribution in [0.5, 0.6) is 11.5 Å². The van der Waals surface area contributed by atoms with E-state index in [4.69, 9.17) is 10.5 Å². The predicted octanol–water partition coefficient (Wildman–Crippen LogP) is 3.93. The molecule has 0 atom stereocenters. The highest BCUT2D eigenvalue weighted by Crippen LogP contribution is 2.33. The largest absolute Gasteiger partial charge is 0.457 e. The van der Waals surface area contributed by atoms with Crippen molar-refractivity contribution in [1.82, 2.24) is 15.3 Å². The number of nitrogens with two attached hydrogens (primary N) is 1. The molecule has 6 nitrogen and oxygen atoms in total. The van der Waals surface area contributed by atoms with Gasteiger partial charge in [0.25, 0.3) is 0 Å². The number of ether oxygens (including phenoxy) is 1. The molecular formula is C22H25N5O. The second kappa shape index (κ2) is 8.71. The van der Waals surface area contributed by atoms with E-state index >= 15 is 0 Å². The molecule has 144 valence electrons. The number of piperidine rings is 1. The van der Waals surface area contributed by atoms with Crippen molar-refractivity contribution in [2.45, 2.75) is 12.8 Å². The van der Waals surface area contributed by atoms with Gasteiger partial charge in [0.05, 0.1) is 5.56 Å². The molecular weight excluding hydrogens is 350 g/mol. The molecule has 2 aromatic carbocycles. The Bertz CT molecular complexity index is 893. The van der Waals surface area contributed by atoms with Crippen LogP contribution in [0.25, 0.3) is 11.1 Å². The molecule has 0 amide bonds. The first-order chi connectivity index (χ1) is 13.8. The van der Waals surface area contributed by atoms with Crippen LogP contribution in [0.2, 0.25) is 0 Å². The highest BCUT2D eigenvalue weighted by atomic mass is 16.5. The number of hydrogen-bond donors (Lipinski definition) is 3. The van der Waals surface area contributed by atoms with Crippen molar-refractivity contribution in [2.75, 3.05) is 30.7 Å². The SMILES string of the molecule is Nc1ncnc(NCC2CCNCC2)c1-c1ccc(Oc2ccccc2)cc1. The molecule has 0 radical (unpaired) electrons. The molecule has 2 heterocycles. The fourth-order valence-corrected chi connectivity index (χ4v) is 3.46. The van der Waals surface area contributed by atoms with Crippen LogP contribution in [0.3, 0.4) is 0 Å². The summed E-state index contributed by atoms with van der Waals surface area (Å²) in [6.07, 6.45) is 3.86. The highest BCUT2D eigenvalue weighted by Gasteiger charge is 2.16. The van der Waals surface area contributed by atoms with E-state index in [1.54, 1.807) is 0 Å². The van der Waals surface area contributed by atoms with Gasteiger partial charge in [0.2, 0.25) is 0 Å². The Labute approximate surface area is 165 Å². The van der Waals surface area contributed by atoms with Crippen molar-refractivity contribution >= 4 is 11.6 Å². The Morgan fingerprint density at radius 3 is 2.43 bits per heavy atom. The monoisotopic (exact) mass is 375 g/mol. The maximum atomic E-state index is 6.19. The van der Waals surface area contributed by atoms with Gasteiger partial charge in [-0.2, -0.15) is 0 Å². The number of benzene rings is 2. The first kappa shape index (κ1) is 18.3. The zero-order valence-corrected chi connectivity index (χ0v) is 15.8. The summed E-state index contributed by atoms with van der Waals surface area (Å²) in [7, 11) is 0. The first-order valence-corrected chi connectivity index (χ1v) is 9.68. The van der Waals surface area contributed by atoms with Crippen molar-refractivity contribution in [3.8, 4) is 22.6 Å². The molecule has 3 aromatic rings. The normalized spacial score (nSPS) is 14.6. The summed E-state index contributed by atoms with van der Waals surface area (Å²) in [4.78, 5) is 8.63. The van der Waals surface area contributed by atoms with Crippen LogP contribution >= 0.6 is 0 Å². The number of rotatable bonds is 6. The zero-order chi connectivity index (χ0) is 19.2. The predicted molar refractivity (Wildman–Crippen MR) is 112 cm³/mol. The van der Waals surface area contributed by atoms with Crippen LogP contribution in [-0.4, -0.2) is 29.6 Å². The molecule has 0 unspecified atom stereocenters. The van der Waals surface area contributed by atoms with Crippen molar-refractivity contribution in [3.05, 3.63) is 60.9 Å². The van der Waals surface area contributed by atoms with Crippen molar-refractivity contribution in [3.63, 3.8) is 0 Å². The lowest BCUT2D eigenvalue weighted by molar-refractivity contribution is 0.389. The molecule has 1 saturated heterocycles. The fraction of sp³-hybridized carbons (Fsp3) is 0.273. The molecule has 0 bridgehead atoms. The average molecular weight is 375 g/mol. The smallest absolute Gasteiger partial charge is 0.139 e. The molecule has 1 aromatic heterocycles. The fourth-order valence-electron chi connectivity index (χ4n) is 3.46. The van der Waals surface area contributed by atoms with E-state index in [1.165, 1.54) is 19.2 Å². The highest BCUT2D eigenvalue weighted by molar-refractivity contribution is 5.83. The number of nitrogen functional groups attached to an aromatic ring is 1. The zero-order valence-electron chi connectivity index (χ0n) is 15.8. The second-order valence-electron chi connectivity index (χ2n) is 7.00. The lowest BCUT2D eigenvalue weighted by Crippen LogP contribution is -2.31. The van der Waals surface area contributed by atoms with E-state index < -0.39 is 0 Å². The third-order valence-electron chi connectivity index (χ3n) is 5.02. The van der Waals surface area contributed by atoms with Crippen molar-refractivity contribution < 1.29 is 4.74 Å². The summed E-state index contributed by atoms with van der Waals surface area (Å²) in [6.45, 7) is 3.04. The standard InChI is InChI=1S/C22H25N5O/c23-21-20(22(27-15-26-21)25-14-16-10-12-24-13-11-16)17-6-8-19(9-7-17)28-18-4-2-1-3-5-18/h1-9,15-16,24H,10-14H2,(H3,23,25,26,27). The number of para-hydroxylation sites is 1. The minimum atomic E-state index is 0.472. The molecule has 1 fully saturated rings. The second-order valence-corrected chi connectivity index (χ2v) is 7.00. The van der Waals surface area contributed by atoms with Crippen molar-refractivity contribution in [1.29, 1.82) is 0 Å². The van der Waals surface area contributed by atoms with Gasteiger partial charge >= 0.3 is 0 Å². The minimum absolute atomic E-state index is 0.472. The summed E-state index contributed by atoms with van der Waals surface area (Å²) < 4.78 is 5.87. The topological polar surface area (TPSA) is 85.1 Å². The van der Waals surface area contributed by atoms with Crippen LogP contribution in [0, 0.1) is 5.92 Å². The minimum Gasteiger partial charge on any atom is -0.457 e. The van der Waals surface area contributed by atoms with Crippen LogP contribution in [-0.2, 0) is 0 Å². The summed E-state index contributed by atoms with van der Waals surface area (Å²) >= 11 is 0. The molecule has 1 aliphatic heterocycles. The molecule has 0 saturated carbocycles. The van der Waals surface area contributed by atoms with Gasteiger partial charge in [0, 0.05) is 6.54 Å². The van der Waals surface area contributed by atoms with Gasteiger partial charge in [-0.1, -0.05) is 30.3 Å². The van der Waals surface area contributed by atoms with Gasteiger partial charge in [-0.25, -0.2) is 9.97 Å². The Hall–Kier alpha value is -3.12. The van der Waals surface area contributed by atoms with Gasteiger partial charge < -0.3 is 21.1 Å². The Morgan fingerprint density at radius 2 is 1.68 bits per heavy atom. The summed E-state index contributed by atoms with van der Waals surface area (Å²) in [5, 5.41) is 6.88. The molecule has 0 aliphatic carbocycles. The van der Waals surface area contributed by atoms with Crippen LogP contribution in [0.1, 0.15) is 12.8 Å². The van der Waals surface area contributed by atoms with Gasteiger partial charge in [0.15, 0.2) is 0 Å². The third-order valence-corrected chi connectivity index (χ3v) is 5.02. The van der Waals surface area contributed by atoms with E-state index in [-0.39, 0.29) is 0 Å². The summed E-state index contributed by atoms with van der Waals surface area (Å²) in [6, 6.07) is 17.6. The number of aromatic nitrogens is 2. The van der Waals surface area contributed by atoms with Crippen LogP contribution in [0.4, 0.5) is 11.6 Å². The summed E-state index contributed by atoms with van der Waals surface area (Å²) in [5.74, 6) is 3.48.